The summed E-state index contributed by atoms with van der Waals surface area (Å²) in [5.41, 5.74) is 3.16. The molecule has 0 unspecified atom stereocenters. The van der Waals surface area contributed by atoms with E-state index in [1.807, 2.05) is 36.4 Å². The molecule has 1 N–H and O–H groups in total. The summed E-state index contributed by atoms with van der Waals surface area (Å²) < 4.78 is 11.6. The topological polar surface area (TPSA) is 79.5 Å². The Kier molecular flexibility index (Phi) is 11.4. The van der Waals surface area contributed by atoms with E-state index in [9.17, 15) is 4.79 Å². The largest absolute Gasteiger partial charge is 0.494 e. The quantitative estimate of drug-likeness (QED) is 0.209. The van der Waals surface area contributed by atoms with Gasteiger partial charge in [-0.3, -0.25) is 0 Å². The number of benzene rings is 3. The lowest BCUT2D eigenvalue weighted by Gasteiger charge is -2.08. The zero-order valence-electron chi connectivity index (χ0n) is 20.8. The van der Waals surface area contributed by atoms with Crippen molar-refractivity contribution in [2.45, 2.75) is 57.8 Å². The Bertz CT molecular complexity index is 1080. The number of ether oxygens (including phenoxy) is 2. The minimum Gasteiger partial charge on any atom is -0.494 e. The second-order valence-corrected chi connectivity index (χ2v) is 8.92. The van der Waals surface area contributed by atoms with Gasteiger partial charge in [-0.2, -0.15) is 5.26 Å². The SMILES string of the molecule is N#Cc1ccc(-c2ccc(OCCCCCCCCCCCOc3ccc(C(=O)O)cc3)cc2)cc1. The Morgan fingerprint density at radius 3 is 1.42 bits per heavy atom. The van der Waals surface area contributed by atoms with Gasteiger partial charge in [0.2, 0.25) is 0 Å². The number of rotatable bonds is 16. The van der Waals surface area contributed by atoms with Crippen LogP contribution in [0, 0.1) is 11.3 Å². The molecule has 0 saturated heterocycles. The molecule has 0 amide bonds. The molecule has 3 aromatic rings. The van der Waals surface area contributed by atoms with Crippen LogP contribution in [0.2, 0.25) is 0 Å². The van der Waals surface area contributed by atoms with Crippen molar-refractivity contribution >= 4 is 5.97 Å². The van der Waals surface area contributed by atoms with Gasteiger partial charge in [-0.25, -0.2) is 4.79 Å². The summed E-state index contributed by atoms with van der Waals surface area (Å²) in [5.74, 6) is 0.705. The molecule has 0 atom stereocenters. The Morgan fingerprint density at radius 1 is 0.611 bits per heavy atom. The van der Waals surface area contributed by atoms with Crippen LogP contribution in [0.1, 0.15) is 73.7 Å². The van der Waals surface area contributed by atoms with Gasteiger partial charge < -0.3 is 14.6 Å². The molecule has 3 rings (SSSR count). The van der Waals surface area contributed by atoms with E-state index >= 15 is 0 Å². The molecule has 0 aliphatic heterocycles. The second kappa shape index (κ2) is 15.3. The van der Waals surface area contributed by atoms with Crippen molar-refractivity contribution in [1.82, 2.24) is 0 Å². The van der Waals surface area contributed by atoms with E-state index in [0.717, 1.165) is 48.5 Å². The molecule has 0 fully saturated rings. The summed E-state index contributed by atoms with van der Waals surface area (Å²) in [6.07, 6.45) is 10.7. The van der Waals surface area contributed by atoms with Crippen LogP contribution in [0.25, 0.3) is 11.1 Å². The van der Waals surface area contributed by atoms with Crippen LogP contribution < -0.4 is 9.47 Å². The fourth-order valence-electron chi connectivity index (χ4n) is 4.00. The van der Waals surface area contributed by atoms with E-state index in [4.69, 9.17) is 19.8 Å². The summed E-state index contributed by atoms with van der Waals surface area (Å²) in [5, 5.41) is 17.8. The van der Waals surface area contributed by atoms with Crippen molar-refractivity contribution in [2.24, 2.45) is 0 Å². The number of carboxylic acid groups (broad SMARTS) is 1. The van der Waals surface area contributed by atoms with Gasteiger partial charge in [0, 0.05) is 0 Å². The van der Waals surface area contributed by atoms with Gasteiger partial charge in [0.15, 0.2) is 0 Å². The van der Waals surface area contributed by atoms with Gasteiger partial charge >= 0.3 is 5.97 Å². The number of aromatic carboxylic acids is 1. The van der Waals surface area contributed by atoms with E-state index in [1.54, 1.807) is 24.3 Å². The van der Waals surface area contributed by atoms with Gasteiger partial charge in [-0.15, -0.1) is 0 Å². The first-order valence-corrected chi connectivity index (χ1v) is 12.9. The van der Waals surface area contributed by atoms with Crippen molar-refractivity contribution in [3.8, 4) is 28.7 Å². The molecular formula is C31H35NO4. The summed E-state index contributed by atoms with van der Waals surface area (Å²) >= 11 is 0. The summed E-state index contributed by atoms with van der Waals surface area (Å²) in [6, 6.07) is 24.4. The second-order valence-electron chi connectivity index (χ2n) is 8.92. The number of hydrogen-bond acceptors (Lipinski definition) is 4. The average Bonchev–Trinajstić information content (AvgIpc) is 2.92. The van der Waals surface area contributed by atoms with E-state index in [0.29, 0.717) is 12.2 Å². The van der Waals surface area contributed by atoms with Crippen molar-refractivity contribution in [2.75, 3.05) is 13.2 Å². The first kappa shape index (κ1) is 26.8. The Labute approximate surface area is 214 Å². The van der Waals surface area contributed by atoms with E-state index < -0.39 is 5.97 Å². The molecule has 0 spiro atoms. The predicted molar refractivity (Wildman–Crippen MR) is 143 cm³/mol. The van der Waals surface area contributed by atoms with Gasteiger partial charge in [0.1, 0.15) is 11.5 Å². The van der Waals surface area contributed by atoms with Crippen LogP contribution in [-0.2, 0) is 0 Å². The normalized spacial score (nSPS) is 10.5. The Hall–Kier alpha value is -3.78. The fourth-order valence-corrected chi connectivity index (χ4v) is 4.00. The third-order valence-electron chi connectivity index (χ3n) is 6.13. The monoisotopic (exact) mass is 485 g/mol. The molecule has 188 valence electrons. The lowest BCUT2D eigenvalue weighted by molar-refractivity contribution is 0.0697. The Balaban J connectivity index is 1.14. The smallest absolute Gasteiger partial charge is 0.335 e. The number of carbonyl (C=O) groups is 1. The third-order valence-corrected chi connectivity index (χ3v) is 6.13. The maximum absolute atomic E-state index is 10.8. The molecular weight excluding hydrogens is 450 g/mol. The number of hydrogen-bond donors (Lipinski definition) is 1. The zero-order valence-corrected chi connectivity index (χ0v) is 20.8. The molecule has 5 heteroatoms. The number of unbranched alkanes of at least 4 members (excludes halogenated alkanes) is 8. The van der Waals surface area contributed by atoms with Crippen molar-refractivity contribution < 1.29 is 19.4 Å². The van der Waals surface area contributed by atoms with E-state index in [1.165, 1.54) is 38.5 Å². The fraction of sp³-hybridized carbons (Fsp3) is 0.355. The summed E-state index contributed by atoms with van der Waals surface area (Å²) in [4.78, 5) is 10.8. The van der Waals surface area contributed by atoms with Crippen LogP contribution in [0.5, 0.6) is 11.5 Å². The maximum atomic E-state index is 10.8. The van der Waals surface area contributed by atoms with Crippen LogP contribution in [-0.4, -0.2) is 24.3 Å². The molecule has 0 aliphatic carbocycles. The van der Waals surface area contributed by atoms with Crippen LogP contribution >= 0.6 is 0 Å². The van der Waals surface area contributed by atoms with Gasteiger partial charge in [-0.1, -0.05) is 69.2 Å². The van der Waals surface area contributed by atoms with Crippen LogP contribution in [0.15, 0.2) is 72.8 Å². The standard InChI is InChI=1S/C31H35NO4/c32-24-25-10-12-26(13-11-25)27-14-18-29(19-15-27)35-22-8-6-4-2-1-3-5-7-9-23-36-30-20-16-28(17-21-30)31(33)34/h10-21H,1-9,22-23H2,(H,33,34). The highest BCUT2D eigenvalue weighted by Crippen LogP contribution is 2.23. The van der Waals surface area contributed by atoms with Gasteiger partial charge in [0.25, 0.3) is 0 Å². The minimum absolute atomic E-state index is 0.279. The predicted octanol–water partition coefficient (Wildman–Crippen LogP) is 7.89. The lowest BCUT2D eigenvalue weighted by atomic mass is 10.0. The highest BCUT2D eigenvalue weighted by molar-refractivity contribution is 5.87. The average molecular weight is 486 g/mol. The molecule has 0 heterocycles. The zero-order chi connectivity index (χ0) is 25.4. The van der Waals surface area contributed by atoms with E-state index in [2.05, 4.69) is 18.2 Å². The lowest BCUT2D eigenvalue weighted by Crippen LogP contribution is -1.99. The van der Waals surface area contributed by atoms with Gasteiger partial charge in [0.05, 0.1) is 30.4 Å². The van der Waals surface area contributed by atoms with Gasteiger partial charge in [-0.05, 0) is 72.5 Å². The molecule has 0 aromatic heterocycles. The first-order valence-electron chi connectivity index (χ1n) is 12.9. The molecule has 36 heavy (non-hydrogen) atoms. The molecule has 3 aromatic carbocycles. The summed E-state index contributed by atoms with van der Waals surface area (Å²) in [6.45, 7) is 1.42. The number of nitrogens with zero attached hydrogens (tertiary/aromatic N) is 1. The molecule has 0 aliphatic rings. The van der Waals surface area contributed by atoms with Crippen molar-refractivity contribution in [3.05, 3.63) is 83.9 Å². The third kappa shape index (κ3) is 9.46. The first-order chi connectivity index (χ1) is 17.7. The van der Waals surface area contributed by atoms with Crippen LogP contribution in [0.4, 0.5) is 0 Å². The minimum atomic E-state index is -0.918. The molecule has 5 nitrogen and oxygen atoms in total. The van der Waals surface area contributed by atoms with Crippen LogP contribution in [0.3, 0.4) is 0 Å². The highest BCUT2D eigenvalue weighted by atomic mass is 16.5. The summed E-state index contributed by atoms with van der Waals surface area (Å²) in [7, 11) is 0. The van der Waals surface area contributed by atoms with E-state index in [-0.39, 0.29) is 5.56 Å². The highest BCUT2D eigenvalue weighted by Gasteiger charge is 2.02. The Morgan fingerprint density at radius 2 is 1.00 bits per heavy atom. The number of carboxylic acids is 1. The van der Waals surface area contributed by atoms with Crippen molar-refractivity contribution in [3.63, 3.8) is 0 Å². The molecule has 0 radical (unpaired) electrons. The number of nitriles is 1. The molecule has 0 bridgehead atoms. The van der Waals surface area contributed by atoms with Crippen molar-refractivity contribution in [1.29, 1.82) is 5.26 Å². The maximum Gasteiger partial charge on any atom is 0.335 e. The molecule has 0 saturated carbocycles.